The number of carbonyl (C=O) groups excluding carboxylic acids is 2. The summed E-state index contributed by atoms with van der Waals surface area (Å²) in [7, 11) is 3.04. The zero-order valence-electron chi connectivity index (χ0n) is 17.9. The summed E-state index contributed by atoms with van der Waals surface area (Å²) in [6.45, 7) is 3.45. The lowest BCUT2D eigenvalue weighted by Crippen LogP contribution is -2.06. The van der Waals surface area contributed by atoms with E-state index in [0.29, 0.717) is 39.6 Å². The normalized spacial score (nSPS) is 10.6. The van der Waals surface area contributed by atoms with Crippen LogP contribution in [0.2, 0.25) is 0 Å². The van der Waals surface area contributed by atoms with E-state index >= 15 is 0 Å². The number of aromatic nitrogens is 2. The Labute approximate surface area is 180 Å². The Morgan fingerprint density at radius 2 is 1.68 bits per heavy atom. The van der Waals surface area contributed by atoms with Gasteiger partial charge in [-0.2, -0.15) is 4.39 Å². The molecule has 0 saturated heterocycles. The summed E-state index contributed by atoms with van der Waals surface area (Å²) in [5.41, 5.74) is 2.67. The molecule has 7 heteroatoms. The van der Waals surface area contributed by atoms with Crippen LogP contribution in [0.4, 0.5) is 4.39 Å². The van der Waals surface area contributed by atoms with Gasteiger partial charge in [0.1, 0.15) is 11.5 Å². The fraction of sp³-hybridized carbons (Fsp3) is 0.250. The lowest BCUT2D eigenvalue weighted by atomic mass is 10.00. The van der Waals surface area contributed by atoms with E-state index < -0.39 is 5.95 Å². The lowest BCUT2D eigenvalue weighted by molar-refractivity contribution is 0.0978. The molecule has 31 heavy (non-hydrogen) atoms. The van der Waals surface area contributed by atoms with Gasteiger partial charge in [-0.25, -0.2) is 4.98 Å². The van der Waals surface area contributed by atoms with Gasteiger partial charge in [0.25, 0.3) is 0 Å². The van der Waals surface area contributed by atoms with Crippen LogP contribution in [0, 0.1) is 12.9 Å². The largest absolute Gasteiger partial charge is 0.497 e. The number of ether oxygens (including phenoxy) is 2. The Bertz CT molecular complexity index is 1120. The van der Waals surface area contributed by atoms with Crippen molar-refractivity contribution >= 4 is 11.6 Å². The fourth-order valence-corrected chi connectivity index (χ4v) is 3.17. The highest BCUT2D eigenvalue weighted by atomic mass is 19.1. The number of pyridine rings is 2. The number of benzene rings is 1. The zero-order valence-corrected chi connectivity index (χ0v) is 17.9. The van der Waals surface area contributed by atoms with Crippen molar-refractivity contribution in [3.63, 3.8) is 0 Å². The fourth-order valence-electron chi connectivity index (χ4n) is 3.17. The Hall–Kier alpha value is -3.61. The molecule has 1 aromatic carbocycles. The smallest absolute Gasteiger partial charge is 0.224 e. The van der Waals surface area contributed by atoms with Crippen LogP contribution < -0.4 is 9.47 Å². The molecule has 0 aliphatic carbocycles. The van der Waals surface area contributed by atoms with Crippen molar-refractivity contribution in [3.05, 3.63) is 70.9 Å². The van der Waals surface area contributed by atoms with Gasteiger partial charge in [0.2, 0.25) is 5.95 Å². The highest BCUT2D eigenvalue weighted by Gasteiger charge is 2.16. The van der Waals surface area contributed by atoms with Gasteiger partial charge in [0.05, 0.1) is 25.5 Å². The quantitative estimate of drug-likeness (QED) is 0.389. The summed E-state index contributed by atoms with van der Waals surface area (Å²) >= 11 is 0. The molecule has 2 aromatic heterocycles. The SMILES string of the molecule is CCC(=O)c1ccc(-c2cc(CC(=O)c3cc(OC)cc(OC)c3)cnc2C)nc1F. The van der Waals surface area contributed by atoms with E-state index in [1.165, 1.54) is 20.3 Å². The summed E-state index contributed by atoms with van der Waals surface area (Å²) in [6, 6.07) is 9.77. The topological polar surface area (TPSA) is 78.4 Å². The number of halogens is 1. The lowest BCUT2D eigenvalue weighted by Gasteiger charge is -2.10. The average molecular weight is 422 g/mol. The molecule has 0 spiro atoms. The molecule has 0 N–H and O–H groups in total. The third-order valence-corrected chi connectivity index (χ3v) is 4.93. The molecular weight excluding hydrogens is 399 g/mol. The van der Waals surface area contributed by atoms with E-state index in [-0.39, 0.29) is 30.0 Å². The first-order valence-electron chi connectivity index (χ1n) is 9.78. The van der Waals surface area contributed by atoms with E-state index in [2.05, 4.69) is 9.97 Å². The zero-order chi connectivity index (χ0) is 22.5. The highest BCUT2D eigenvalue weighted by Crippen LogP contribution is 2.26. The van der Waals surface area contributed by atoms with Gasteiger partial charge in [-0.1, -0.05) is 6.92 Å². The standard InChI is InChI=1S/C24H23FN2O4/c1-5-22(28)19-6-7-21(27-24(19)25)20-8-15(13-26-14(20)2)9-23(29)16-10-17(30-3)12-18(11-16)31-4/h6-8,10-13H,5,9H2,1-4H3. The van der Waals surface area contributed by atoms with Crippen LogP contribution in [0.5, 0.6) is 11.5 Å². The number of aryl methyl sites for hydroxylation is 1. The minimum absolute atomic E-state index is 0.0323. The molecule has 0 amide bonds. The number of nitrogens with zero attached hydrogens (tertiary/aromatic N) is 2. The van der Waals surface area contributed by atoms with E-state index in [1.54, 1.807) is 50.4 Å². The summed E-state index contributed by atoms with van der Waals surface area (Å²) in [6.07, 6.45) is 1.90. The second-order valence-electron chi connectivity index (χ2n) is 6.99. The van der Waals surface area contributed by atoms with E-state index in [4.69, 9.17) is 9.47 Å². The van der Waals surface area contributed by atoms with Gasteiger partial charge in [0, 0.05) is 41.9 Å². The van der Waals surface area contributed by atoms with Crippen molar-refractivity contribution in [1.82, 2.24) is 9.97 Å². The molecule has 160 valence electrons. The number of rotatable bonds is 8. The van der Waals surface area contributed by atoms with Crippen molar-refractivity contribution in [3.8, 4) is 22.8 Å². The van der Waals surface area contributed by atoms with Gasteiger partial charge in [-0.15, -0.1) is 0 Å². The van der Waals surface area contributed by atoms with Gasteiger partial charge in [-0.3, -0.25) is 14.6 Å². The van der Waals surface area contributed by atoms with Gasteiger partial charge in [-0.05, 0) is 42.8 Å². The predicted molar refractivity (Wildman–Crippen MR) is 114 cm³/mol. The van der Waals surface area contributed by atoms with Crippen molar-refractivity contribution < 1.29 is 23.5 Å². The molecular formula is C24H23FN2O4. The van der Waals surface area contributed by atoms with Crippen LogP contribution in [0.15, 0.2) is 42.6 Å². The second-order valence-corrected chi connectivity index (χ2v) is 6.99. The van der Waals surface area contributed by atoms with Gasteiger partial charge in [0.15, 0.2) is 11.6 Å². The van der Waals surface area contributed by atoms with Gasteiger partial charge >= 0.3 is 0 Å². The van der Waals surface area contributed by atoms with E-state index in [0.717, 1.165) is 0 Å². The molecule has 0 saturated carbocycles. The molecule has 0 aliphatic rings. The number of Topliss-reactive ketones (excluding diaryl/α,β-unsaturated/α-hetero) is 2. The summed E-state index contributed by atoms with van der Waals surface area (Å²) in [5.74, 6) is -0.219. The van der Waals surface area contributed by atoms with Crippen molar-refractivity contribution in [2.45, 2.75) is 26.7 Å². The van der Waals surface area contributed by atoms with Gasteiger partial charge < -0.3 is 9.47 Å². The van der Waals surface area contributed by atoms with Crippen LogP contribution in [0.3, 0.4) is 0 Å². The Morgan fingerprint density at radius 1 is 1.00 bits per heavy atom. The minimum Gasteiger partial charge on any atom is -0.497 e. The van der Waals surface area contributed by atoms with Crippen LogP contribution in [-0.2, 0) is 6.42 Å². The molecule has 0 atom stereocenters. The number of carbonyl (C=O) groups is 2. The second kappa shape index (κ2) is 9.47. The van der Waals surface area contributed by atoms with E-state index in [9.17, 15) is 14.0 Å². The molecule has 0 radical (unpaired) electrons. The Kier molecular flexibility index (Phi) is 6.74. The number of ketones is 2. The molecule has 0 unspecified atom stereocenters. The number of hydrogen-bond donors (Lipinski definition) is 0. The Morgan fingerprint density at radius 3 is 2.26 bits per heavy atom. The molecule has 6 nitrogen and oxygen atoms in total. The van der Waals surface area contributed by atoms with Crippen molar-refractivity contribution in [2.75, 3.05) is 14.2 Å². The Balaban J connectivity index is 1.91. The van der Waals surface area contributed by atoms with Crippen LogP contribution in [0.25, 0.3) is 11.3 Å². The third-order valence-electron chi connectivity index (χ3n) is 4.93. The summed E-state index contributed by atoms with van der Waals surface area (Å²) < 4.78 is 24.8. The first-order valence-corrected chi connectivity index (χ1v) is 9.78. The van der Waals surface area contributed by atoms with Crippen LogP contribution in [-0.4, -0.2) is 35.8 Å². The van der Waals surface area contributed by atoms with Crippen LogP contribution in [0.1, 0.15) is 45.3 Å². The highest BCUT2D eigenvalue weighted by molar-refractivity contribution is 5.98. The first kappa shape index (κ1) is 22.1. The molecule has 2 heterocycles. The summed E-state index contributed by atoms with van der Waals surface area (Å²) in [4.78, 5) is 32.9. The molecule has 0 aliphatic heterocycles. The molecule has 0 bridgehead atoms. The minimum atomic E-state index is -0.811. The first-order chi connectivity index (χ1) is 14.9. The maximum absolute atomic E-state index is 14.3. The average Bonchev–Trinajstić information content (AvgIpc) is 2.79. The molecule has 3 aromatic rings. The molecule has 3 rings (SSSR count). The number of methoxy groups -OCH3 is 2. The van der Waals surface area contributed by atoms with Crippen molar-refractivity contribution in [1.29, 1.82) is 0 Å². The van der Waals surface area contributed by atoms with E-state index in [1.807, 2.05) is 0 Å². The third kappa shape index (κ3) is 4.94. The maximum Gasteiger partial charge on any atom is 0.224 e. The number of hydrogen-bond acceptors (Lipinski definition) is 6. The predicted octanol–water partition coefficient (Wildman–Crippen LogP) is 4.63. The summed E-state index contributed by atoms with van der Waals surface area (Å²) in [5, 5.41) is 0. The maximum atomic E-state index is 14.3. The van der Waals surface area contributed by atoms with Crippen LogP contribution >= 0.6 is 0 Å². The monoisotopic (exact) mass is 422 g/mol. The van der Waals surface area contributed by atoms with Crippen molar-refractivity contribution in [2.24, 2.45) is 0 Å². The molecule has 0 fully saturated rings.